The van der Waals surface area contributed by atoms with Gasteiger partial charge in [-0.05, 0) is 49.0 Å². The van der Waals surface area contributed by atoms with Crippen molar-refractivity contribution < 1.29 is 4.79 Å². The predicted octanol–water partition coefficient (Wildman–Crippen LogP) is 0.681. The fourth-order valence-electron chi connectivity index (χ4n) is 2.89. The van der Waals surface area contributed by atoms with Gasteiger partial charge in [-0.3, -0.25) is 4.79 Å². The molecule has 1 atom stereocenters. The van der Waals surface area contributed by atoms with Gasteiger partial charge in [0, 0.05) is 25.3 Å². The minimum Gasteiger partial charge on any atom is -0.334 e. The number of hydrogen-bond acceptors (Lipinski definition) is 5. The number of amides is 1. The summed E-state index contributed by atoms with van der Waals surface area (Å²) in [4.78, 5) is 17.1. The molecule has 3 rings (SSSR count). The van der Waals surface area contributed by atoms with Gasteiger partial charge in [-0.15, -0.1) is 5.10 Å². The number of likely N-dealkylation sites (N-methyl/N-ethyl adjacent to an activating group) is 1. The third-order valence-corrected chi connectivity index (χ3v) is 4.07. The summed E-state index contributed by atoms with van der Waals surface area (Å²) in [6.07, 6.45) is 3.67. The van der Waals surface area contributed by atoms with Crippen molar-refractivity contribution in [2.24, 2.45) is 0 Å². The summed E-state index contributed by atoms with van der Waals surface area (Å²) < 4.78 is 1.54. The second kappa shape index (κ2) is 5.77. The fraction of sp³-hybridized carbons (Fsp3) is 0.571. The zero-order valence-electron chi connectivity index (χ0n) is 12.4. The van der Waals surface area contributed by atoms with Crippen LogP contribution in [0.15, 0.2) is 18.3 Å². The maximum absolute atomic E-state index is 12.8. The lowest BCUT2D eigenvalue weighted by Gasteiger charge is -2.30. The van der Waals surface area contributed by atoms with E-state index in [0.717, 1.165) is 32.5 Å². The summed E-state index contributed by atoms with van der Waals surface area (Å²) in [6, 6.07) is 3.84. The van der Waals surface area contributed by atoms with E-state index in [-0.39, 0.29) is 11.9 Å². The van der Waals surface area contributed by atoms with E-state index in [4.69, 9.17) is 0 Å². The van der Waals surface area contributed by atoms with Gasteiger partial charge < -0.3 is 9.80 Å². The van der Waals surface area contributed by atoms with Crippen LogP contribution in [0.3, 0.4) is 0 Å². The Hall–Kier alpha value is -2.02. The van der Waals surface area contributed by atoms with Crippen molar-refractivity contribution >= 4 is 11.6 Å². The van der Waals surface area contributed by atoms with Crippen LogP contribution >= 0.6 is 0 Å². The van der Waals surface area contributed by atoms with E-state index >= 15 is 0 Å². The summed E-state index contributed by atoms with van der Waals surface area (Å²) in [6.45, 7) is 4.89. The topological polar surface area (TPSA) is 66.6 Å². The van der Waals surface area contributed by atoms with Gasteiger partial charge in [0.05, 0.1) is 5.56 Å². The standard InChI is InChI=1S/C14H20N6O/c1-3-12-10-18(2)7-4-8-19(12)14(21)11-5-6-13-15-16-17-20(13)9-11/h5-6,9,12H,3-4,7-8,10H2,1-2H3. The third kappa shape index (κ3) is 2.73. The molecule has 21 heavy (non-hydrogen) atoms. The average molecular weight is 288 g/mol. The Morgan fingerprint density at radius 2 is 2.24 bits per heavy atom. The van der Waals surface area contributed by atoms with Crippen molar-refractivity contribution in [1.29, 1.82) is 0 Å². The molecule has 0 spiro atoms. The van der Waals surface area contributed by atoms with Gasteiger partial charge >= 0.3 is 0 Å². The van der Waals surface area contributed by atoms with E-state index in [1.54, 1.807) is 18.3 Å². The van der Waals surface area contributed by atoms with Crippen molar-refractivity contribution in [1.82, 2.24) is 29.8 Å². The van der Waals surface area contributed by atoms with E-state index in [0.29, 0.717) is 11.2 Å². The number of pyridine rings is 1. The SMILES string of the molecule is CCC1CN(C)CCCN1C(=O)c1ccc2nnnn2c1. The number of tetrazole rings is 1. The molecule has 0 saturated carbocycles. The van der Waals surface area contributed by atoms with Crippen molar-refractivity contribution in [2.75, 3.05) is 26.7 Å². The number of carbonyl (C=O) groups is 1. The molecule has 3 heterocycles. The molecular weight excluding hydrogens is 268 g/mol. The number of aromatic nitrogens is 4. The minimum atomic E-state index is 0.0644. The third-order valence-electron chi connectivity index (χ3n) is 4.07. The minimum absolute atomic E-state index is 0.0644. The average Bonchev–Trinajstić information content (AvgIpc) is 2.88. The summed E-state index contributed by atoms with van der Waals surface area (Å²) in [5.41, 5.74) is 1.28. The van der Waals surface area contributed by atoms with E-state index in [9.17, 15) is 4.79 Å². The number of hydrogen-bond donors (Lipinski definition) is 0. The molecule has 0 aromatic carbocycles. The Kier molecular flexibility index (Phi) is 3.83. The lowest BCUT2D eigenvalue weighted by atomic mass is 10.1. The normalized spacial score (nSPS) is 20.7. The Morgan fingerprint density at radius 1 is 1.38 bits per heavy atom. The molecule has 0 radical (unpaired) electrons. The van der Waals surface area contributed by atoms with Crippen molar-refractivity contribution in [2.45, 2.75) is 25.8 Å². The highest BCUT2D eigenvalue weighted by Gasteiger charge is 2.27. The monoisotopic (exact) mass is 288 g/mol. The first-order valence-corrected chi connectivity index (χ1v) is 7.36. The molecule has 1 saturated heterocycles. The van der Waals surface area contributed by atoms with E-state index < -0.39 is 0 Å². The molecule has 2 aromatic heterocycles. The van der Waals surface area contributed by atoms with Gasteiger partial charge in [0.25, 0.3) is 5.91 Å². The largest absolute Gasteiger partial charge is 0.334 e. The molecule has 0 N–H and O–H groups in total. The first-order valence-electron chi connectivity index (χ1n) is 7.36. The van der Waals surface area contributed by atoms with Crippen molar-refractivity contribution in [3.05, 3.63) is 23.9 Å². The van der Waals surface area contributed by atoms with Crippen molar-refractivity contribution in [3.8, 4) is 0 Å². The Morgan fingerprint density at radius 3 is 3.05 bits per heavy atom. The van der Waals surface area contributed by atoms with Crippen molar-refractivity contribution in [3.63, 3.8) is 0 Å². The number of nitrogens with zero attached hydrogens (tertiary/aromatic N) is 6. The highest BCUT2D eigenvalue weighted by atomic mass is 16.2. The molecule has 0 bridgehead atoms. The highest BCUT2D eigenvalue weighted by Crippen LogP contribution is 2.16. The zero-order valence-corrected chi connectivity index (χ0v) is 12.4. The van der Waals surface area contributed by atoms with E-state index in [1.165, 1.54) is 4.52 Å². The molecule has 1 aliphatic heterocycles. The summed E-state index contributed by atoms with van der Waals surface area (Å²) in [5.74, 6) is 0.0644. The Bertz CT molecular complexity index is 639. The second-order valence-corrected chi connectivity index (χ2v) is 5.58. The summed E-state index contributed by atoms with van der Waals surface area (Å²) in [7, 11) is 2.11. The molecular formula is C14H20N6O. The van der Waals surface area contributed by atoms with Gasteiger partial charge in [0.1, 0.15) is 0 Å². The number of fused-ring (bicyclic) bond motifs is 1. The van der Waals surface area contributed by atoms with Crippen LogP contribution < -0.4 is 0 Å². The smallest absolute Gasteiger partial charge is 0.255 e. The van der Waals surface area contributed by atoms with Crippen LogP contribution in [-0.4, -0.2) is 68.5 Å². The maximum Gasteiger partial charge on any atom is 0.255 e. The first kappa shape index (κ1) is 13.9. The van der Waals surface area contributed by atoms with Crippen LogP contribution in [0.4, 0.5) is 0 Å². The van der Waals surface area contributed by atoms with Crippen LogP contribution in [0.25, 0.3) is 5.65 Å². The van der Waals surface area contributed by atoms with Crippen LogP contribution in [0, 0.1) is 0 Å². The van der Waals surface area contributed by atoms with E-state index in [1.807, 2.05) is 4.90 Å². The first-order chi connectivity index (χ1) is 10.2. The Balaban J connectivity index is 1.87. The van der Waals surface area contributed by atoms with Crippen LogP contribution in [0.5, 0.6) is 0 Å². The maximum atomic E-state index is 12.8. The lowest BCUT2D eigenvalue weighted by molar-refractivity contribution is 0.0675. The molecule has 1 aliphatic rings. The molecule has 1 unspecified atom stereocenters. The molecule has 112 valence electrons. The molecule has 7 heteroatoms. The molecule has 0 aliphatic carbocycles. The second-order valence-electron chi connectivity index (χ2n) is 5.58. The van der Waals surface area contributed by atoms with Gasteiger partial charge in [-0.25, -0.2) is 0 Å². The molecule has 1 fully saturated rings. The molecule has 1 amide bonds. The zero-order chi connectivity index (χ0) is 14.8. The van der Waals surface area contributed by atoms with Gasteiger partial charge in [0.2, 0.25) is 0 Å². The fourth-order valence-corrected chi connectivity index (χ4v) is 2.89. The predicted molar refractivity (Wildman–Crippen MR) is 78.0 cm³/mol. The molecule has 2 aromatic rings. The highest BCUT2D eigenvalue weighted by molar-refractivity contribution is 5.94. The Labute approximate surface area is 123 Å². The van der Waals surface area contributed by atoms with Gasteiger partial charge in [-0.1, -0.05) is 6.92 Å². The molecule has 7 nitrogen and oxygen atoms in total. The van der Waals surface area contributed by atoms with Gasteiger partial charge in [-0.2, -0.15) is 4.52 Å². The summed E-state index contributed by atoms with van der Waals surface area (Å²) in [5, 5.41) is 11.3. The van der Waals surface area contributed by atoms with Crippen LogP contribution in [0.2, 0.25) is 0 Å². The van der Waals surface area contributed by atoms with E-state index in [2.05, 4.69) is 34.4 Å². The quantitative estimate of drug-likeness (QED) is 0.813. The number of rotatable bonds is 2. The van der Waals surface area contributed by atoms with Crippen LogP contribution in [-0.2, 0) is 0 Å². The van der Waals surface area contributed by atoms with Crippen LogP contribution in [0.1, 0.15) is 30.1 Å². The summed E-state index contributed by atoms with van der Waals surface area (Å²) >= 11 is 0. The number of carbonyl (C=O) groups excluding carboxylic acids is 1. The lowest BCUT2D eigenvalue weighted by Crippen LogP contribution is -2.43. The van der Waals surface area contributed by atoms with Gasteiger partial charge in [0.15, 0.2) is 5.65 Å².